The summed E-state index contributed by atoms with van der Waals surface area (Å²) in [6, 6.07) is 17.7. The van der Waals surface area contributed by atoms with Crippen LogP contribution in [0.4, 0.5) is 5.69 Å². The van der Waals surface area contributed by atoms with E-state index in [1.54, 1.807) is 12.4 Å². The van der Waals surface area contributed by atoms with Gasteiger partial charge in [-0.1, -0.05) is 30.7 Å². The maximum atomic E-state index is 5.00. The van der Waals surface area contributed by atoms with Gasteiger partial charge in [-0.15, -0.1) is 0 Å². The summed E-state index contributed by atoms with van der Waals surface area (Å²) < 4.78 is 0. The van der Waals surface area contributed by atoms with Gasteiger partial charge in [0.2, 0.25) is 0 Å². The van der Waals surface area contributed by atoms with E-state index in [4.69, 9.17) is 6.42 Å². The number of terminal acetylenes is 1. The minimum atomic E-state index is 0.958. The first-order valence-electron chi connectivity index (χ1n) is 4.55. The molecular formula is C13H12N2. The Bertz CT molecular complexity index is 363. The van der Waals surface area contributed by atoms with E-state index in [0.29, 0.717) is 0 Å². The molecule has 0 aliphatic rings. The van der Waals surface area contributed by atoms with Crippen LogP contribution in [0.1, 0.15) is 0 Å². The Hall–Kier alpha value is -2.27. The Morgan fingerprint density at radius 1 is 0.933 bits per heavy atom. The smallest absolute Gasteiger partial charge is 0.0459 e. The van der Waals surface area contributed by atoms with Crippen molar-refractivity contribution in [1.29, 1.82) is 0 Å². The van der Waals surface area contributed by atoms with Crippen molar-refractivity contribution in [3.63, 3.8) is 0 Å². The third-order valence-corrected chi connectivity index (χ3v) is 1.56. The van der Waals surface area contributed by atoms with Crippen molar-refractivity contribution in [3.8, 4) is 12.5 Å². The lowest BCUT2D eigenvalue weighted by molar-refractivity contribution is 1.33. The molecule has 1 aromatic heterocycles. The number of anilines is 1. The number of hydrogen-bond acceptors (Lipinski definition) is 2. The monoisotopic (exact) mass is 196 g/mol. The Balaban J connectivity index is 0.000000162. The second kappa shape index (κ2) is 7.16. The summed E-state index contributed by atoms with van der Waals surface area (Å²) in [5.41, 5.74) is 0.958. The molecule has 0 spiro atoms. The highest BCUT2D eigenvalue weighted by Crippen LogP contribution is 2.02. The third-order valence-electron chi connectivity index (χ3n) is 1.56. The molecule has 15 heavy (non-hydrogen) atoms. The minimum absolute atomic E-state index is 0.958. The lowest BCUT2D eigenvalue weighted by Crippen LogP contribution is -1.83. The standard InChI is InChI=1S/C8H7N.C5H5N/c1-2-9-8-6-4-3-5-7-8;1-2-4-6-5-3-1/h1,3-7,9H;1-5H. The molecule has 1 heterocycles. The number of benzene rings is 1. The molecule has 1 aromatic carbocycles. The van der Waals surface area contributed by atoms with Gasteiger partial charge in [0, 0.05) is 24.1 Å². The number of rotatable bonds is 1. The molecule has 0 aliphatic heterocycles. The molecule has 1 N–H and O–H groups in total. The molecule has 2 rings (SSSR count). The number of pyridine rings is 1. The summed E-state index contributed by atoms with van der Waals surface area (Å²) in [5, 5.41) is 2.74. The van der Waals surface area contributed by atoms with Gasteiger partial charge in [0.05, 0.1) is 0 Å². The summed E-state index contributed by atoms with van der Waals surface area (Å²) in [7, 11) is 0. The molecule has 2 heteroatoms. The van der Waals surface area contributed by atoms with Gasteiger partial charge in [-0.2, -0.15) is 0 Å². The molecule has 0 bridgehead atoms. The molecular weight excluding hydrogens is 184 g/mol. The predicted octanol–water partition coefficient (Wildman–Crippen LogP) is 2.77. The van der Waals surface area contributed by atoms with Gasteiger partial charge in [0.1, 0.15) is 0 Å². The van der Waals surface area contributed by atoms with E-state index in [0.717, 1.165) is 5.69 Å². The number of nitrogens with one attached hydrogen (secondary N) is 1. The van der Waals surface area contributed by atoms with Crippen LogP contribution in [0.25, 0.3) is 0 Å². The molecule has 0 fully saturated rings. The second-order valence-corrected chi connectivity index (χ2v) is 2.66. The zero-order chi connectivity index (χ0) is 10.8. The average Bonchev–Trinajstić information content (AvgIpc) is 2.34. The zero-order valence-electron chi connectivity index (χ0n) is 8.30. The molecule has 74 valence electrons. The van der Waals surface area contributed by atoms with E-state index in [1.807, 2.05) is 48.5 Å². The van der Waals surface area contributed by atoms with Crippen molar-refractivity contribution in [1.82, 2.24) is 4.98 Å². The van der Waals surface area contributed by atoms with E-state index < -0.39 is 0 Å². The van der Waals surface area contributed by atoms with Crippen LogP contribution in [0.2, 0.25) is 0 Å². The highest BCUT2D eigenvalue weighted by atomic mass is 14.8. The van der Waals surface area contributed by atoms with Crippen LogP contribution < -0.4 is 5.32 Å². The Kier molecular flexibility index (Phi) is 5.16. The van der Waals surface area contributed by atoms with Crippen molar-refractivity contribution >= 4 is 5.69 Å². The van der Waals surface area contributed by atoms with Crippen molar-refractivity contribution < 1.29 is 0 Å². The van der Waals surface area contributed by atoms with Crippen molar-refractivity contribution in [2.24, 2.45) is 0 Å². The fourth-order valence-electron chi connectivity index (χ4n) is 0.917. The van der Waals surface area contributed by atoms with Crippen molar-refractivity contribution in [2.75, 3.05) is 5.32 Å². The molecule has 0 amide bonds. The summed E-state index contributed by atoms with van der Waals surface area (Å²) >= 11 is 0. The normalized spacial score (nSPS) is 7.93. The molecule has 0 atom stereocenters. The van der Waals surface area contributed by atoms with Crippen molar-refractivity contribution in [2.45, 2.75) is 0 Å². The minimum Gasteiger partial charge on any atom is -0.315 e. The van der Waals surface area contributed by atoms with E-state index in [9.17, 15) is 0 Å². The summed E-state index contributed by atoms with van der Waals surface area (Å²) in [5.74, 6) is 0. The van der Waals surface area contributed by atoms with Gasteiger partial charge in [-0.05, 0) is 24.3 Å². The molecule has 0 unspecified atom stereocenters. The maximum absolute atomic E-state index is 5.00. The third kappa shape index (κ3) is 5.12. The first kappa shape index (κ1) is 10.8. The first-order chi connectivity index (χ1) is 7.43. The largest absolute Gasteiger partial charge is 0.315 e. The Morgan fingerprint density at radius 3 is 1.93 bits per heavy atom. The van der Waals surface area contributed by atoms with Gasteiger partial charge in [0.15, 0.2) is 0 Å². The summed E-state index contributed by atoms with van der Waals surface area (Å²) in [6.07, 6.45) is 8.50. The second-order valence-electron chi connectivity index (χ2n) is 2.66. The number of hydrogen-bond donors (Lipinski definition) is 1. The summed E-state index contributed by atoms with van der Waals surface area (Å²) in [4.78, 5) is 3.78. The summed E-state index contributed by atoms with van der Waals surface area (Å²) in [6.45, 7) is 0. The number of para-hydroxylation sites is 1. The molecule has 0 saturated heterocycles. The van der Waals surface area contributed by atoms with Crippen LogP contribution in [0, 0.1) is 12.5 Å². The van der Waals surface area contributed by atoms with Gasteiger partial charge in [-0.25, -0.2) is 0 Å². The quantitative estimate of drug-likeness (QED) is 0.560. The topological polar surface area (TPSA) is 24.9 Å². The Labute approximate surface area is 90.0 Å². The van der Waals surface area contributed by atoms with E-state index in [2.05, 4.69) is 16.3 Å². The number of nitrogens with zero attached hydrogens (tertiary/aromatic N) is 1. The van der Waals surface area contributed by atoms with E-state index >= 15 is 0 Å². The van der Waals surface area contributed by atoms with Crippen LogP contribution in [0.15, 0.2) is 60.9 Å². The van der Waals surface area contributed by atoms with Crippen LogP contribution >= 0.6 is 0 Å². The van der Waals surface area contributed by atoms with Crippen LogP contribution in [-0.4, -0.2) is 4.98 Å². The molecule has 0 saturated carbocycles. The van der Waals surface area contributed by atoms with Gasteiger partial charge < -0.3 is 5.32 Å². The molecule has 2 nitrogen and oxygen atoms in total. The van der Waals surface area contributed by atoms with Gasteiger partial charge in [0.25, 0.3) is 0 Å². The van der Waals surface area contributed by atoms with E-state index in [-0.39, 0.29) is 0 Å². The average molecular weight is 196 g/mol. The fourth-order valence-corrected chi connectivity index (χ4v) is 0.917. The van der Waals surface area contributed by atoms with Crippen LogP contribution in [0.5, 0.6) is 0 Å². The maximum Gasteiger partial charge on any atom is 0.0459 e. The molecule has 0 radical (unpaired) electrons. The number of aromatic nitrogens is 1. The van der Waals surface area contributed by atoms with Crippen LogP contribution in [0.3, 0.4) is 0 Å². The SMILES string of the molecule is C#CNc1ccccc1.c1ccncc1. The zero-order valence-corrected chi connectivity index (χ0v) is 8.30. The van der Waals surface area contributed by atoms with Crippen LogP contribution in [-0.2, 0) is 0 Å². The van der Waals surface area contributed by atoms with Gasteiger partial charge >= 0.3 is 0 Å². The van der Waals surface area contributed by atoms with Gasteiger partial charge in [-0.3, -0.25) is 4.98 Å². The predicted molar refractivity (Wildman–Crippen MR) is 63.1 cm³/mol. The van der Waals surface area contributed by atoms with Crippen molar-refractivity contribution in [3.05, 3.63) is 60.9 Å². The first-order valence-corrected chi connectivity index (χ1v) is 4.55. The lowest BCUT2D eigenvalue weighted by atomic mass is 10.3. The lowest BCUT2D eigenvalue weighted by Gasteiger charge is -1.93. The fraction of sp³-hybridized carbons (Fsp3) is 0. The highest BCUT2D eigenvalue weighted by molar-refractivity contribution is 5.46. The van der Waals surface area contributed by atoms with E-state index in [1.165, 1.54) is 0 Å². The Morgan fingerprint density at radius 2 is 1.53 bits per heavy atom. The molecule has 2 aromatic rings. The highest BCUT2D eigenvalue weighted by Gasteiger charge is 1.80. The molecule has 0 aliphatic carbocycles.